The third-order valence-corrected chi connectivity index (χ3v) is 3.27. The molecule has 5 heteroatoms. The summed E-state index contributed by atoms with van der Waals surface area (Å²) < 4.78 is 7.27. The van der Waals surface area contributed by atoms with Crippen LogP contribution in [0.1, 0.15) is 46.0 Å². The van der Waals surface area contributed by atoms with Gasteiger partial charge in [-0.05, 0) is 25.2 Å². The Morgan fingerprint density at radius 1 is 1.35 bits per heavy atom. The monoisotopic (exact) mass is 281 g/mol. The molecule has 0 aliphatic rings. The molecule has 1 aromatic rings. The predicted molar refractivity (Wildman–Crippen MR) is 79.5 cm³/mol. The average Bonchev–Trinajstić information content (AvgIpc) is 2.95. The van der Waals surface area contributed by atoms with E-state index < -0.39 is 0 Å². The molecule has 1 aromatic heterocycles. The van der Waals surface area contributed by atoms with Crippen molar-refractivity contribution in [3.8, 4) is 0 Å². The molecule has 0 spiro atoms. The van der Waals surface area contributed by atoms with Crippen molar-refractivity contribution in [2.75, 3.05) is 13.2 Å². The lowest BCUT2D eigenvalue weighted by molar-refractivity contribution is 0.121. The van der Waals surface area contributed by atoms with Gasteiger partial charge in [0, 0.05) is 25.5 Å². The number of amides is 1. The number of alkyl carbamates (subject to hydrolysis) is 1. The maximum absolute atomic E-state index is 11.6. The second kappa shape index (κ2) is 10.3. The van der Waals surface area contributed by atoms with Crippen molar-refractivity contribution in [2.45, 2.75) is 52.5 Å². The molecule has 0 aliphatic carbocycles. The molecule has 20 heavy (non-hydrogen) atoms. The lowest BCUT2D eigenvalue weighted by atomic mass is 10.00. The summed E-state index contributed by atoms with van der Waals surface area (Å²) in [5, 5.41) is 2.79. The van der Waals surface area contributed by atoms with Gasteiger partial charge in [-0.2, -0.15) is 0 Å². The Morgan fingerprint density at radius 3 is 2.70 bits per heavy atom. The Hall–Kier alpha value is -1.52. The fourth-order valence-corrected chi connectivity index (χ4v) is 2.24. The van der Waals surface area contributed by atoms with Gasteiger partial charge >= 0.3 is 6.09 Å². The van der Waals surface area contributed by atoms with Crippen LogP contribution in [0.5, 0.6) is 0 Å². The number of aryl methyl sites for hydroxylation is 1. The highest BCUT2D eigenvalue weighted by Crippen LogP contribution is 2.13. The van der Waals surface area contributed by atoms with Crippen LogP contribution in [0, 0.1) is 5.92 Å². The van der Waals surface area contributed by atoms with Crippen LogP contribution in [-0.4, -0.2) is 28.8 Å². The van der Waals surface area contributed by atoms with Gasteiger partial charge < -0.3 is 14.6 Å². The molecule has 0 aromatic carbocycles. The lowest BCUT2D eigenvalue weighted by Crippen LogP contribution is -2.28. The number of hydrogen-bond acceptors (Lipinski definition) is 3. The van der Waals surface area contributed by atoms with Crippen molar-refractivity contribution >= 4 is 6.09 Å². The minimum atomic E-state index is -0.298. The van der Waals surface area contributed by atoms with E-state index in [-0.39, 0.29) is 6.09 Å². The van der Waals surface area contributed by atoms with E-state index in [9.17, 15) is 4.79 Å². The first-order chi connectivity index (χ1) is 9.76. The molecule has 0 unspecified atom stereocenters. The molecule has 0 bridgehead atoms. The molecule has 1 heterocycles. The molecule has 0 fully saturated rings. The van der Waals surface area contributed by atoms with Gasteiger partial charge in [-0.1, -0.05) is 26.7 Å². The van der Waals surface area contributed by atoms with Crippen molar-refractivity contribution in [1.29, 1.82) is 0 Å². The quantitative estimate of drug-likeness (QED) is 0.670. The Balaban J connectivity index is 2.07. The molecule has 0 radical (unpaired) electrons. The SMILES string of the molecule is CCCC(CCC)COC(=O)NCCCn1ccnc1. The van der Waals surface area contributed by atoms with Crippen molar-refractivity contribution < 1.29 is 9.53 Å². The smallest absolute Gasteiger partial charge is 0.407 e. The van der Waals surface area contributed by atoms with Gasteiger partial charge in [0.1, 0.15) is 0 Å². The average molecular weight is 281 g/mol. The summed E-state index contributed by atoms with van der Waals surface area (Å²) in [6.45, 7) is 6.35. The number of nitrogens with one attached hydrogen (secondary N) is 1. The maximum Gasteiger partial charge on any atom is 0.407 e. The Labute approximate surface area is 121 Å². The first-order valence-corrected chi connectivity index (χ1v) is 7.62. The lowest BCUT2D eigenvalue weighted by Gasteiger charge is -2.15. The number of ether oxygens (including phenoxy) is 1. The summed E-state index contributed by atoms with van der Waals surface area (Å²) in [7, 11) is 0. The summed E-state index contributed by atoms with van der Waals surface area (Å²) in [6, 6.07) is 0. The van der Waals surface area contributed by atoms with E-state index in [1.165, 1.54) is 0 Å². The van der Waals surface area contributed by atoms with E-state index in [1.54, 1.807) is 12.5 Å². The van der Waals surface area contributed by atoms with E-state index in [2.05, 4.69) is 24.1 Å². The van der Waals surface area contributed by atoms with E-state index in [4.69, 9.17) is 4.74 Å². The third kappa shape index (κ3) is 7.16. The van der Waals surface area contributed by atoms with Crippen molar-refractivity contribution in [2.24, 2.45) is 5.92 Å². The largest absolute Gasteiger partial charge is 0.449 e. The van der Waals surface area contributed by atoms with Gasteiger partial charge in [-0.3, -0.25) is 0 Å². The van der Waals surface area contributed by atoms with Gasteiger partial charge in [-0.15, -0.1) is 0 Å². The van der Waals surface area contributed by atoms with Crippen LogP contribution in [-0.2, 0) is 11.3 Å². The molecule has 5 nitrogen and oxygen atoms in total. The van der Waals surface area contributed by atoms with Crippen LogP contribution in [0.3, 0.4) is 0 Å². The zero-order valence-electron chi connectivity index (χ0n) is 12.7. The molecule has 0 aliphatic heterocycles. The summed E-state index contributed by atoms with van der Waals surface area (Å²) >= 11 is 0. The number of carbonyl (C=O) groups excluding carboxylic acids is 1. The minimum Gasteiger partial charge on any atom is -0.449 e. The predicted octanol–water partition coefficient (Wildman–Crippen LogP) is 3.22. The molecular weight excluding hydrogens is 254 g/mol. The standard InChI is InChI=1S/C15H27N3O2/c1-3-6-14(7-4-2)12-20-15(19)17-8-5-10-18-11-9-16-13-18/h9,11,13-14H,3-8,10,12H2,1-2H3,(H,17,19). The second-order valence-electron chi connectivity index (χ2n) is 5.12. The fraction of sp³-hybridized carbons (Fsp3) is 0.733. The Morgan fingerprint density at radius 2 is 2.10 bits per heavy atom. The highest BCUT2D eigenvalue weighted by molar-refractivity contribution is 5.66. The van der Waals surface area contributed by atoms with Crippen LogP contribution in [0.4, 0.5) is 4.79 Å². The zero-order valence-corrected chi connectivity index (χ0v) is 12.7. The third-order valence-electron chi connectivity index (χ3n) is 3.27. The van der Waals surface area contributed by atoms with Crippen LogP contribution in [0.2, 0.25) is 0 Å². The van der Waals surface area contributed by atoms with Gasteiger partial charge in [0.05, 0.1) is 12.9 Å². The molecule has 1 N–H and O–H groups in total. The Bertz CT molecular complexity index is 346. The zero-order chi connectivity index (χ0) is 14.6. The van der Waals surface area contributed by atoms with Gasteiger partial charge in [-0.25, -0.2) is 9.78 Å². The van der Waals surface area contributed by atoms with Crippen molar-refractivity contribution in [3.05, 3.63) is 18.7 Å². The second-order valence-corrected chi connectivity index (χ2v) is 5.12. The first-order valence-electron chi connectivity index (χ1n) is 7.62. The topological polar surface area (TPSA) is 56.1 Å². The number of carbonyl (C=O) groups is 1. The molecule has 0 atom stereocenters. The van der Waals surface area contributed by atoms with Gasteiger partial charge in [0.25, 0.3) is 0 Å². The van der Waals surface area contributed by atoms with E-state index in [0.717, 1.165) is 38.6 Å². The van der Waals surface area contributed by atoms with Crippen LogP contribution >= 0.6 is 0 Å². The summed E-state index contributed by atoms with van der Waals surface area (Å²) in [5.74, 6) is 0.502. The summed E-state index contributed by atoms with van der Waals surface area (Å²) in [5.41, 5.74) is 0. The number of hydrogen-bond donors (Lipinski definition) is 1. The molecule has 0 saturated heterocycles. The number of aromatic nitrogens is 2. The summed E-state index contributed by atoms with van der Waals surface area (Å²) in [6.07, 6.45) is 10.6. The van der Waals surface area contributed by atoms with E-state index in [1.807, 2.05) is 10.8 Å². The highest BCUT2D eigenvalue weighted by atomic mass is 16.5. The normalized spacial score (nSPS) is 10.8. The highest BCUT2D eigenvalue weighted by Gasteiger charge is 2.10. The van der Waals surface area contributed by atoms with Crippen molar-refractivity contribution in [3.63, 3.8) is 0 Å². The van der Waals surface area contributed by atoms with Crippen molar-refractivity contribution in [1.82, 2.24) is 14.9 Å². The van der Waals surface area contributed by atoms with Gasteiger partial charge in [0.15, 0.2) is 0 Å². The van der Waals surface area contributed by atoms with Crippen LogP contribution in [0.25, 0.3) is 0 Å². The minimum absolute atomic E-state index is 0.298. The summed E-state index contributed by atoms with van der Waals surface area (Å²) in [4.78, 5) is 15.5. The number of imidazole rings is 1. The molecule has 1 amide bonds. The molecule has 1 rings (SSSR count). The van der Waals surface area contributed by atoms with E-state index >= 15 is 0 Å². The van der Waals surface area contributed by atoms with Crippen LogP contribution < -0.4 is 5.32 Å². The molecular formula is C15H27N3O2. The van der Waals surface area contributed by atoms with E-state index in [0.29, 0.717) is 19.1 Å². The maximum atomic E-state index is 11.6. The molecule has 114 valence electrons. The fourth-order valence-electron chi connectivity index (χ4n) is 2.24. The number of nitrogens with zero attached hydrogens (tertiary/aromatic N) is 2. The number of rotatable bonds is 10. The Kier molecular flexibility index (Phi) is 8.51. The van der Waals surface area contributed by atoms with Gasteiger partial charge in [0.2, 0.25) is 0 Å². The molecule has 0 saturated carbocycles. The first kappa shape index (κ1) is 16.5. The van der Waals surface area contributed by atoms with Crippen LogP contribution in [0.15, 0.2) is 18.7 Å².